The number of ether oxygens (including phenoxy) is 1. The van der Waals surface area contributed by atoms with Gasteiger partial charge < -0.3 is 20.5 Å². The predicted molar refractivity (Wildman–Crippen MR) is 129 cm³/mol. The van der Waals surface area contributed by atoms with E-state index in [9.17, 15) is 27.9 Å². The third kappa shape index (κ3) is 5.87. The number of phenolic OH excluding ortho intramolecular Hbond substituents is 1. The number of phenols is 1. The highest BCUT2D eigenvalue weighted by molar-refractivity contribution is 6.04. The van der Waals surface area contributed by atoms with Crippen LogP contribution in [0.3, 0.4) is 0 Å². The maximum Gasteiger partial charge on any atom is 0.573 e. The topological polar surface area (TPSA) is 105 Å². The van der Waals surface area contributed by atoms with Crippen LogP contribution < -0.4 is 15.4 Å². The lowest BCUT2D eigenvalue weighted by molar-refractivity contribution is -0.274. The van der Waals surface area contributed by atoms with Gasteiger partial charge in [-0.25, -0.2) is 4.79 Å². The average molecular weight is 515 g/mol. The van der Waals surface area contributed by atoms with Gasteiger partial charge in [-0.1, -0.05) is 12.8 Å². The van der Waals surface area contributed by atoms with Crippen LogP contribution in [0.5, 0.6) is 11.5 Å². The van der Waals surface area contributed by atoms with Crippen LogP contribution in [-0.2, 0) is 0 Å². The number of anilines is 1. The Morgan fingerprint density at radius 3 is 2.32 bits per heavy atom. The van der Waals surface area contributed by atoms with Crippen molar-refractivity contribution in [1.29, 1.82) is 0 Å². The predicted octanol–water partition coefficient (Wildman–Crippen LogP) is 5.78. The molecule has 5 rings (SSSR count). The number of rotatable bonds is 6. The van der Waals surface area contributed by atoms with Gasteiger partial charge >= 0.3 is 12.4 Å². The van der Waals surface area contributed by atoms with Crippen LogP contribution >= 0.6 is 0 Å². The molecule has 0 radical (unpaired) electrons. The Kier molecular flexibility index (Phi) is 6.53. The number of nitrogens with one attached hydrogen (secondary N) is 2. The molecule has 2 fully saturated rings. The van der Waals surface area contributed by atoms with E-state index in [2.05, 4.69) is 20.5 Å². The van der Waals surface area contributed by atoms with Gasteiger partial charge in [-0.05, 0) is 68.1 Å². The summed E-state index contributed by atoms with van der Waals surface area (Å²) in [5.74, 6) is -0.930. The van der Waals surface area contributed by atoms with E-state index >= 15 is 0 Å². The zero-order chi connectivity index (χ0) is 26.2. The normalized spacial score (nSPS) is 16.0. The van der Waals surface area contributed by atoms with Crippen molar-refractivity contribution in [2.45, 2.75) is 56.8 Å². The number of hydrogen-bond donors (Lipinski definition) is 3. The van der Waals surface area contributed by atoms with Crippen LogP contribution in [0.2, 0.25) is 0 Å². The van der Waals surface area contributed by atoms with Crippen molar-refractivity contribution in [2.75, 3.05) is 5.32 Å². The van der Waals surface area contributed by atoms with Gasteiger partial charge in [-0.15, -0.1) is 13.2 Å². The largest absolute Gasteiger partial charge is 0.573 e. The van der Waals surface area contributed by atoms with E-state index in [-0.39, 0.29) is 35.0 Å². The van der Waals surface area contributed by atoms with Crippen LogP contribution in [0.1, 0.15) is 60.5 Å². The molecule has 2 aromatic carbocycles. The van der Waals surface area contributed by atoms with Gasteiger partial charge in [0.2, 0.25) is 0 Å². The van der Waals surface area contributed by atoms with E-state index in [4.69, 9.17) is 0 Å². The van der Waals surface area contributed by atoms with Crippen LogP contribution in [-0.4, -0.2) is 39.2 Å². The lowest BCUT2D eigenvalue weighted by Gasteiger charge is -2.11. The monoisotopic (exact) mass is 514 g/mol. The number of amides is 2. The number of carbonyl (C=O) groups excluding carboxylic acids is 2. The Bertz CT molecular complexity index is 1310. The molecule has 3 N–H and O–H groups in total. The number of nitrogens with zero attached hydrogens (tertiary/aromatic N) is 2. The maximum atomic E-state index is 12.8. The molecule has 2 saturated carbocycles. The summed E-state index contributed by atoms with van der Waals surface area (Å²) in [5.41, 5.74) is 2.07. The molecule has 37 heavy (non-hydrogen) atoms. The highest BCUT2D eigenvalue weighted by Crippen LogP contribution is 2.38. The number of aromatic nitrogens is 2. The first-order valence-electron chi connectivity index (χ1n) is 12.1. The quantitative estimate of drug-likeness (QED) is 0.387. The molecule has 2 amide bonds. The first-order chi connectivity index (χ1) is 17.7. The van der Waals surface area contributed by atoms with Crippen LogP contribution in [0, 0.1) is 0 Å². The molecule has 0 saturated heterocycles. The van der Waals surface area contributed by atoms with Crippen molar-refractivity contribution in [3.8, 4) is 22.8 Å². The number of carbonyl (C=O) groups is 2. The number of aromatic hydroxyl groups is 1. The second-order valence-corrected chi connectivity index (χ2v) is 9.33. The molecular formula is C26H25F3N4O4. The molecule has 0 atom stereocenters. The third-order valence-electron chi connectivity index (χ3n) is 6.49. The molecule has 0 aliphatic heterocycles. The lowest BCUT2D eigenvalue weighted by atomic mass is 10.0. The molecule has 1 aromatic heterocycles. The van der Waals surface area contributed by atoms with Gasteiger partial charge in [0, 0.05) is 34.8 Å². The summed E-state index contributed by atoms with van der Waals surface area (Å²) in [5, 5.41) is 20.8. The summed E-state index contributed by atoms with van der Waals surface area (Å²) < 4.78 is 42.2. The molecule has 1 heterocycles. The highest BCUT2D eigenvalue weighted by Gasteiger charge is 2.31. The number of benzene rings is 2. The van der Waals surface area contributed by atoms with Gasteiger partial charge in [0.25, 0.3) is 5.91 Å². The summed E-state index contributed by atoms with van der Waals surface area (Å²) in [6.45, 7) is 0. The summed E-state index contributed by atoms with van der Waals surface area (Å²) in [4.78, 5) is 25.3. The number of alkyl halides is 3. The lowest BCUT2D eigenvalue weighted by Crippen LogP contribution is -2.32. The Labute approximate surface area is 210 Å². The van der Waals surface area contributed by atoms with Crippen molar-refractivity contribution in [1.82, 2.24) is 15.1 Å². The highest BCUT2D eigenvalue weighted by atomic mass is 19.4. The van der Waals surface area contributed by atoms with E-state index in [1.165, 1.54) is 22.9 Å². The molecule has 3 aromatic rings. The first-order valence-corrected chi connectivity index (χ1v) is 12.1. The molecular weight excluding hydrogens is 489 g/mol. The average Bonchev–Trinajstić information content (AvgIpc) is 3.30. The van der Waals surface area contributed by atoms with Gasteiger partial charge in [-0.2, -0.15) is 9.78 Å². The second kappa shape index (κ2) is 9.79. The number of hydrogen-bond acceptors (Lipinski definition) is 5. The van der Waals surface area contributed by atoms with Crippen molar-refractivity contribution < 1.29 is 32.6 Å². The molecule has 0 spiro atoms. The van der Waals surface area contributed by atoms with Crippen LogP contribution in [0.15, 0.2) is 48.5 Å². The minimum atomic E-state index is -4.82. The zero-order valence-corrected chi connectivity index (χ0v) is 19.7. The van der Waals surface area contributed by atoms with Crippen LogP contribution in [0.4, 0.5) is 23.7 Å². The summed E-state index contributed by atoms with van der Waals surface area (Å²) in [6, 6.07) is 10.8. The molecule has 11 heteroatoms. The smallest absolute Gasteiger partial charge is 0.507 e. The summed E-state index contributed by atoms with van der Waals surface area (Å²) >= 11 is 0. The Morgan fingerprint density at radius 1 is 1.00 bits per heavy atom. The maximum absolute atomic E-state index is 12.8. The summed E-state index contributed by atoms with van der Waals surface area (Å²) in [6.07, 6.45) is 1.22. The van der Waals surface area contributed by atoms with E-state index in [0.29, 0.717) is 11.3 Å². The Hall–Kier alpha value is -4.02. The third-order valence-corrected chi connectivity index (χ3v) is 6.49. The fourth-order valence-corrected chi connectivity index (χ4v) is 4.50. The molecule has 2 aliphatic carbocycles. The molecule has 2 aliphatic rings. The SMILES string of the molecule is O=C(Nc1ccc(-c2cc(C3CCCC3)n(C(=O)NC3CC3)n2)c(O)c1)c1ccc(OC(F)(F)F)cc1. The van der Waals surface area contributed by atoms with Crippen LogP contribution in [0.25, 0.3) is 11.3 Å². The minimum Gasteiger partial charge on any atom is -0.507 e. The van der Waals surface area contributed by atoms with Gasteiger partial charge in [0.1, 0.15) is 11.5 Å². The first kappa shape index (κ1) is 24.7. The molecule has 8 nitrogen and oxygen atoms in total. The Morgan fingerprint density at radius 2 is 1.70 bits per heavy atom. The molecule has 194 valence electrons. The van der Waals surface area contributed by atoms with Gasteiger partial charge in [0.05, 0.1) is 11.4 Å². The minimum absolute atomic E-state index is 0.111. The van der Waals surface area contributed by atoms with Crippen molar-refractivity contribution in [3.05, 3.63) is 59.8 Å². The van der Waals surface area contributed by atoms with Gasteiger partial charge in [-0.3, -0.25) is 4.79 Å². The standard InChI is InChI=1S/C26H25F3N4O4/c27-26(28,29)37-19-10-5-16(6-11-19)24(35)30-18-9-12-20(23(34)13-18)21-14-22(15-3-1-2-4-15)33(32-21)25(36)31-17-7-8-17/h5-6,9-15,17,34H,1-4,7-8H2,(H,30,35)(H,31,36). The van der Waals surface area contributed by atoms with Crippen molar-refractivity contribution in [2.24, 2.45) is 0 Å². The molecule has 0 bridgehead atoms. The van der Waals surface area contributed by atoms with Crippen molar-refractivity contribution >= 4 is 17.6 Å². The van der Waals surface area contributed by atoms with E-state index in [0.717, 1.165) is 56.4 Å². The second-order valence-electron chi connectivity index (χ2n) is 9.33. The zero-order valence-electron chi connectivity index (χ0n) is 19.7. The van der Waals surface area contributed by atoms with E-state index in [1.54, 1.807) is 12.1 Å². The van der Waals surface area contributed by atoms with Crippen molar-refractivity contribution in [3.63, 3.8) is 0 Å². The molecule has 0 unspecified atom stereocenters. The van der Waals surface area contributed by atoms with Gasteiger partial charge in [0.15, 0.2) is 0 Å². The van der Waals surface area contributed by atoms with E-state index in [1.807, 2.05) is 6.07 Å². The van der Waals surface area contributed by atoms with E-state index < -0.39 is 18.0 Å². The fourth-order valence-electron chi connectivity index (χ4n) is 4.50. The fraction of sp³-hybridized carbons (Fsp3) is 0.346. The Balaban J connectivity index is 1.33. The summed E-state index contributed by atoms with van der Waals surface area (Å²) in [7, 11) is 0. The number of halogens is 3.